The lowest BCUT2D eigenvalue weighted by molar-refractivity contribution is -0.147. The highest BCUT2D eigenvalue weighted by molar-refractivity contribution is 6.36. The van der Waals surface area contributed by atoms with Crippen molar-refractivity contribution >= 4 is 35.1 Å². The summed E-state index contributed by atoms with van der Waals surface area (Å²) < 4.78 is 4.68. The average Bonchev–Trinajstić information content (AvgIpc) is 2.91. The number of aliphatic hydroxyl groups is 1. The average molecular weight is 363 g/mol. The standard InChI is InChI=1S/C16H17N3O7/c1-26-16(25)11-8-19(5-6-20)14(22)12(11)17-9-3-2-4-10(7-9)18-13(21)15(23)24/h2-4,7,17,20H,5-6,8H2,1H3,(H,18,21)(H,23,24). The van der Waals surface area contributed by atoms with Crippen LogP contribution in [0.25, 0.3) is 0 Å². The molecule has 10 nitrogen and oxygen atoms in total. The molecule has 0 unspecified atom stereocenters. The van der Waals surface area contributed by atoms with E-state index in [4.69, 9.17) is 10.2 Å². The maximum atomic E-state index is 12.4. The number of benzene rings is 1. The van der Waals surface area contributed by atoms with Crippen molar-refractivity contribution in [3.8, 4) is 0 Å². The fourth-order valence-electron chi connectivity index (χ4n) is 2.35. The van der Waals surface area contributed by atoms with Crippen molar-refractivity contribution in [2.24, 2.45) is 0 Å². The molecule has 4 N–H and O–H groups in total. The number of carbonyl (C=O) groups is 4. The Morgan fingerprint density at radius 2 is 1.96 bits per heavy atom. The van der Waals surface area contributed by atoms with E-state index >= 15 is 0 Å². The van der Waals surface area contributed by atoms with Gasteiger partial charge in [0.2, 0.25) is 0 Å². The summed E-state index contributed by atoms with van der Waals surface area (Å²) in [5.74, 6) is -4.01. The Bertz CT molecular complexity index is 788. The zero-order valence-corrected chi connectivity index (χ0v) is 13.8. The van der Waals surface area contributed by atoms with Gasteiger partial charge in [0.25, 0.3) is 5.91 Å². The quantitative estimate of drug-likeness (QED) is 0.387. The van der Waals surface area contributed by atoms with Gasteiger partial charge in [0.1, 0.15) is 5.70 Å². The molecule has 26 heavy (non-hydrogen) atoms. The third-order valence-electron chi connectivity index (χ3n) is 3.54. The van der Waals surface area contributed by atoms with Crippen molar-refractivity contribution in [1.82, 2.24) is 4.90 Å². The second-order valence-corrected chi connectivity index (χ2v) is 5.26. The van der Waals surface area contributed by atoms with Crippen molar-refractivity contribution < 1.29 is 34.1 Å². The minimum atomic E-state index is -1.63. The van der Waals surface area contributed by atoms with E-state index in [1.54, 1.807) is 6.07 Å². The Labute approximate surface area is 148 Å². The highest BCUT2D eigenvalue weighted by atomic mass is 16.5. The topological polar surface area (TPSA) is 145 Å². The third-order valence-corrected chi connectivity index (χ3v) is 3.54. The van der Waals surface area contributed by atoms with Crippen molar-refractivity contribution in [3.05, 3.63) is 35.5 Å². The number of carbonyl (C=O) groups excluding carboxylic acids is 3. The van der Waals surface area contributed by atoms with E-state index < -0.39 is 23.8 Å². The lowest BCUT2D eigenvalue weighted by atomic mass is 10.2. The molecule has 0 saturated carbocycles. The zero-order valence-electron chi connectivity index (χ0n) is 13.8. The molecule has 1 heterocycles. The van der Waals surface area contributed by atoms with Crippen molar-refractivity contribution in [2.75, 3.05) is 37.4 Å². The highest BCUT2D eigenvalue weighted by Gasteiger charge is 2.34. The number of carboxylic acids is 1. The van der Waals surface area contributed by atoms with Gasteiger partial charge in [-0.05, 0) is 18.2 Å². The molecule has 0 radical (unpaired) electrons. The van der Waals surface area contributed by atoms with Gasteiger partial charge in [-0.1, -0.05) is 6.07 Å². The third kappa shape index (κ3) is 4.16. The smallest absolute Gasteiger partial charge is 0.394 e. The van der Waals surface area contributed by atoms with Crippen molar-refractivity contribution in [3.63, 3.8) is 0 Å². The van der Waals surface area contributed by atoms with Gasteiger partial charge in [0.15, 0.2) is 0 Å². The van der Waals surface area contributed by atoms with Crippen LogP contribution in [0.4, 0.5) is 11.4 Å². The van der Waals surface area contributed by atoms with Gasteiger partial charge in [0.05, 0.1) is 25.8 Å². The fraction of sp³-hybridized carbons (Fsp3) is 0.250. The van der Waals surface area contributed by atoms with E-state index in [1.807, 2.05) is 0 Å². The molecule has 1 aliphatic rings. The van der Waals surface area contributed by atoms with Gasteiger partial charge >= 0.3 is 17.8 Å². The van der Waals surface area contributed by atoms with E-state index in [1.165, 1.54) is 30.2 Å². The number of rotatable bonds is 6. The molecule has 0 bridgehead atoms. The molecular formula is C16H17N3O7. The number of nitrogens with one attached hydrogen (secondary N) is 2. The number of methoxy groups -OCH3 is 1. The minimum Gasteiger partial charge on any atom is -0.474 e. The molecule has 0 aliphatic carbocycles. The van der Waals surface area contributed by atoms with Gasteiger partial charge in [-0.25, -0.2) is 9.59 Å². The second kappa shape index (κ2) is 8.12. The number of esters is 1. The molecular weight excluding hydrogens is 346 g/mol. The molecule has 0 spiro atoms. The number of ether oxygens (including phenoxy) is 1. The van der Waals surface area contributed by atoms with Crippen LogP contribution in [-0.2, 0) is 23.9 Å². The fourth-order valence-corrected chi connectivity index (χ4v) is 2.35. The maximum Gasteiger partial charge on any atom is 0.394 e. The Balaban J connectivity index is 2.26. The molecule has 0 aromatic heterocycles. The molecule has 10 heteroatoms. The lowest BCUT2D eigenvalue weighted by Gasteiger charge is -2.15. The summed E-state index contributed by atoms with van der Waals surface area (Å²) in [6.07, 6.45) is 0. The Morgan fingerprint density at radius 3 is 2.58 bits per heavy atom. The largest absolute Gasteiger partial charge is 0.474 e. The van der Waals surface area contributed by atoms with Gasteiger partial charge < -0.3 is 30.5 Å². The number of hydrogen-bond acceptors (Lipinski definition) is 7. The van der Waals surface area contributed by atoms with Crippen LogP contribution in [-0.4, -0.2) is 65.7 Å². The van der Waals surface area contributed by atoms with Gasteiger partial charge in [-0.15, -0.1) is 0 Å². The Morgan fingerprint density at radius 1 is 1.27 bits per heavy atom. The Hall–Kier alpha value is -3.40. The number of nitrogens with zero attached hydrogens (tertiary/aromatic N) is 1. The number of amides is 2. The first-order valence-electron chi connectivity index (χ1n) is 7.50. The van der Waals surface area contributed by atoms with Crippen LogP contribution >= 0.6 is 0 Å². The van der Waals surface area contributed by atoms with Crippen LogP contribution in [0, 0.1) is 0 Å². The molecule has 0 fully saturated rings. The number of carboxylic acid groups (broad SMARTS) is 1. The van der Waals surface area contributed by atoms with E-state index in [-0.39, 0.29) is 36.7 Å². The number of hydrogen-bond donors (Lipinski definition) is 4. The summed E-state index contributed by atoms with van der Waals surface area (Å²) in [4.78, 5) is 47.4. The first-order valence-corrected chi connectivity index (χ1v) is 7.50. The molecule has 1 aromatic rings. The SMILES string of the molecule is COC(=O)C1=C(Nc2cccc(NC(=O)C(=O)O)c2)C(=O)N(CCO)C1. The summed E-state index contributed by atoms with van der Waals surface area (Å²) in [5.41, 5.74) is 0.641. The van der Waals surface area contributed by atoms with Crippen molar-refractivity contribution in [1.29, 1.82) is 0 Å². The van der Waals surface area contributed by atoms with Crippen LogP contribution in [0.5, 0.6) is 0 Å². The summed E-state index contributed by atoms with van der Waals surface area (Å²) >= 11 is 0. The van der Waals surface area contributed by atoms with Crippen LogP contribution in [0.1, 0.15) is 0 Å². The molecule has 1 aliphatic heterocycles. The van der Waals surface area contributed by atoms with Gasteiger partial charge in [0, 0.05) is 17.9 Å². The predicted molar refractivity (Wildman–Crippen MR) is 89.0 cm³/mol. The van der Waals surface area contributed by atoms with Crippen molar-refractivity contribution in [2.45, 2.75) is 0 Å². The number of anilines is 2. The van der Waals surface area contributed by atoms with E-state index in [2.05, 4.69) is 15.4 Å². The van der Waals surface area contributed by atoms with E-state index in [9.17, 15) is 19.2 Å². The summed E-state index contributed by atoms with van der Waals surface area (Å²) in [6, 6.07) is 5.98. The molecule has 0 atom stereocenters. The Kier molecular flexibility index (Phi) is 5.91. The normalized spacial score (nSPS) is 13.6. The van der Waals surface area contributed by atoms with E-state index in [0.717, 1.165) is 0 Å². The lowest BCUT2D eigenvalue weighted by Crippen LogP contribution is -2.31. The summed E-state index contributed by atoms with van der Waals surface area (Å²) in [6.45, 7) is -0.215. The molecule has 2 rings (SSSR count). The van der Waals surface area contributed by atoms with Crippen LogP contribution < -0.4 is 10.6 Å². The number of aliphatic hydroxyl groups excluding tert-OH is 1. The van der Waals surface area contributed by atoms with Gasteiger partial charge in [-0.2, -0.15) is 0 Å². The van der Waals surface area contributed by atoms with Crippen LogP contribution in [0.15, 0.2) is 35.5 Å². The monoisotopic (exact) mass is 363 g/mol. The minimum absolute atomic E-state index is 0.00740. The van der Waals surface area contributed by atoms with Gasteiger partial charge in [-0.3, -0.25) is 9.59 Å². The van der Waals surface area contributed by atoms with Crippen LogP contribution in [0.3, 0.4) is 0 Å². The maximum absolute atomic E-state index is 12.4. The zero-order chi connectivity index (χ0) is 19.3. The van der Waals surface area contributed by atoms with Crippen LogP contribution in [0.2, 0.25) is 0 Å². The highest BCUT2D eigenvalue weighted by Crippen LogP contribution is 2.24. The first-order chi connectivity index (χ1) is 12.4. The molecule has 2 amide bonds. The summed E-state index contributed by atoms with van der Waals surface area (Å²) in [5, 5.41) is 22.6. The number of aliphatic carboxylic acids is 1. The first kappa shape index (κ1) is 18.9. The number of β-amino-alcohol motifs (C(OH)–C–C–N with tert-alkyl or cyclic N) is 1. The predicted octanol–water partition coefficient (Wildman–Crippen LogP) is -0.617. The molecule has 1 aromatic carbocycles. The molecule has 138 valence electrons. The van der Waals surface area contributed by atoms with E-state index in [0.29, 0.717) is 5.69 Å². The summed E-state index contributed by atoms with van der Waals surface area (Å²) in [7, 11) is 1.19. The second-order valence-electron chi connectivity index (χ2n) is 5.26. The molecule has 0 saturated heterocycles.